The zero-order valence-corrected chi connectivity index (χ0v) is 9.17. The van der Waals surface area contributed by atoms with Crippen molar-refractivity contribution in [2.45, 2.75) is 25.4 Å². The van der Waals surface area contributed by atoms with Crippen LogP contribution in [-0.4, -0.2) is 21.1 Å². The highest BCUT2D eigenvalue weighted by atomic mass is 32.2. The molecule has 0 aliphatic heterocycles. The Labute approximate surface area is 85.3 Å². The zero-order chi connectivity index (χ0) is 9.68. The molecule has 0 saturated heterocycles. The second-order valence-corrected chi connectivity index (χ2v) is 4.31. The molecule has 0 atom stereocenters. The first-order valence-corrected chi connectivity index (χ1v) is 5.57. The number of aryl methyl sites for hydroxylation is 1. The number of nitrogens with zero attached hydrogens (tertiary/aromatic N) is 2. The van der Waals surface area contributed by atoms with E-state index >= 15 is 0 Å². The average molecular weight is 217 g/mol. The summed E-state index contributed by atoms with van der Waals surface area (Å²) in [5.74, 6) is 0. The van der Waals surface area contributed by atoms with Crippen molar-refractivity contribution in [2.24, 2.45) is 0 Å². The minimum Gasteiger partial charge on any atom is -0.347 e. The molecule has 1 amide bonds. The Morgan fingerprint density at radius 3 is 3.00 bits per heavy atom. The number of nitrogens with one attached hydrogen (secondary N) is 1. The van der Waals surface area contributed by atoms with Gasteiger partial charge in [0.25, 0.3) is 5.24 Å². The Morgan fingerprint density at radius 1 is 1.69 bits per heavy atom. The molecule has 1 aromatic heterocycles. The second kappa shape index (κ2) is 5.18. The molecular formula is C7H11N3OS2. The molecule has 0 aromatic carbocycles. The number of amides is 1. The second-order valence-electron chi connectivity index (χ2n) is 2.41. The SMILES string of the molecule is CCCNC(=O)Sc1nsc(C)n1. The maximum atomic E-state index is 11.2. The molecule has 1 heterocycles. The number of aromatic nitrogens is 2. The number of carbonyl (C=O) groups is 1. The molecule has 0 bridgehead atoms. The fourth-order valence-corrected chi connectivity index (χ4v) is 1.89. The van der Waals surface area contributed by atoms with E-state index in [9.17, 15) is 4.79 Å². The van der Waals surface area contributed by atoms with Crippen molar-refractivity contribution in [3.8, 4) is 0 Å². The lowest BCUT2D eigenvalue weighted by atomic mass is 10.5. The van der Waals surface area contributed by atoms with Crippen LogP contribution in [0.3, 0.4) is 0 Å². The molecule has 0 aliphatic rings. The molecule has 1 rings (SSSR count). The molecule has 0 aliphatic carbocycles. The third-order valence-corrected chi connectivity index (χ3v) is 2.64. The molecule has 6 heteroatoms. The largest absolute Gasteiger partial charge is 0.347 e. The van der Waals surface area contributed by atoms with Crippen molar-refractivity contribution in [3.05, 3.63) is 5.01 Å². The lowest BCUT2D eigenvalue weighted by Crippen LogP contribution is -2.19. The molecule has 72 valence electrons. The highest BCUT2D eigenvalue weighted by Gasteiger charge is 2.07. The van der Waals surface area contributed by atoms with Crippen molar-refractivity contribution in [1.82, 2.24) is 14.7 Å². The van der Waals surface area contributed by atoms with Gasteiger partial charge in [0.1, 0.15) is 5.01 Å². The maximum Gasteiger partial charge on any atom is 0.286 e. The minimum absolute atomic E-state index is 0.0837. The number of hydrogen-bond donors (Lipinski definition) is 1. The average Bonchev–Trinajstić information content (AvgIpc) is 2.48. The van der Waals surface area contributed by atoms with Gasteiger partial charge >= 0.3 is 0 Å². The quantitative estimate of drug-likeness (QED) is 0.787. The highest BCUT2D eigenvalue weighted by Crippen LogP contribution is 2.16. The Morgan fingerprint density at radius 2 is 2.46 bits per heavy atom. The van der Waals surface area contributed by atoms with E-state index in [1.165, 1.54) is 11.5 Å². The van der Waals surface area contributed by atoms with E-state index in [4.69, 9.17) is 0 Å². The monoisotopic (exact) mass is 217 g/mol. The van der Waals surface area contributed by atoms with Crippen LogP contribution in [0, 0.1) is 6.92 Å². The van der Waals surface area contributed by atoms with Crippen molar-refractivity contribution in [2.75, 3.05) is 6.54 Å². The molecule has 0 spiro atoms. The normalized spacial score (nSPS) is 10.0. The highest BCUT2D eigenvalue weighted by molar-refractivity contribution is 8.13. The summed E-state index contributed by atoms with van der Waals surface area (Å²) in [6, 6.07) is 0. The van der Waals surface area contributed by atoms with E-state index in [1.807, 2.05) is 13.8 Å². The Balaban J connectivity index is 2.36. The lowest BCUT2D eigenvalue weighted by molar-refractivity contribution is 0.260. The number of carbonyl (C=O) groups excluding carboxylic acids is 1. The van der Waals surface area contributed by atoms with Crippen molar-refractivity contribution in [3.63, 3.8) is 0 Å². The Bertz CT molecular complexity index is 287. The maximum absolute atomic E-state index is 11.2. The van der Waals surface area contributed by atoms with Crippen LogP contribution in [0.5, 0.6) is 0 Å². The lowest BCUT2D eigenvalue weighted by Gasteiger charge is -1.98. The zero-order valence-electron chi connectivity index (χ0n) is 7.53. The van der Waals surface area contributed by atoms with Crippen LogP contribution in [0.1, 0.15) is 18.4 Å². The summed E-state index contributed by atoms with van der Waals surface area (Å²) in [5, 5.41) is 4.07. The van der Waals surface area contributed by atoms with Crippen LogP contribution in [0.4, 0.5) is 4.79 Å². The summed E-state index contributed by atoms with van der Waals surface area (Å²) in [7, 11) is 0. The van der Waals surface area contributed by atoms with E-state index in [2.05, 4.69) is 14.7 Å². The third-order valence-electron chi connectivity index (χ3n) is 1.21. The number of thioether (sulfide) groups is 1. The van der Waals surface area contributed by atoms with Gasteiger partial charge in [-0.15, -0.1) is 0 Å². The first-order chi connectivity index (χ1) is 6.22. The minimum atomic E-state index is -0.0837. The fourth-order valence-electron chi connectivity index (χ4n) is 0.668. The van der Waals surface area contributed by atoms with Gasteiger partial charge in [0.15, 0.2) is 0 Å². The predicted octanol–water partition coefficient (Wildman–Crippen LogP) is 2.06. The van der Waals surface area contributed by atoms with E-state index in [0.717, 1.165) is 23.2 Å². The van der Waals surface area contributed by atoms with Gasteiger partial charge in [-0.05, 0) is 24.9 Å². The number of hydrogen-bond acceptors (Lipinski definition) is 5. The van der Waals surface area contributed by atoms with Crippen LogP contribution >= 0.6 is 23.3 Å². The Kier molecular flexibility index (Phi) is 4.17. The van der Waals surface area contributed by atoms with Crippen LogP contribution in [0.15, 0.2) is 5.16 Å². The molecule has 1 N–H and O–H groups in total. The predicted molar refractivity (Wildman–Crippen MR) is 54.2 cm³/mol. The van der Waals surface area contributed by atoms with Gasteiger partial charge < -0.3 is 5.32 Å². The molecule has 1 aromatic rings. The van der Waals surface area contributed by atoms with Gasteiger partial charge in [-0.3, -0.25) is 4.79 Å². The Hall–Kier alpha value is -0.620. The van der Waals surface area contributed by atoms with E-state index in [-0.39, 0.29) is 5.24 Å². The summed E-state index contributed by atoms with van der Waals surface area (Å²) >= 11 is 2.35. The van der Waals surface area contributed by atoms with Gasteiger partial charge in [-0.2, -0.15) is 4.37 Å². The molecule has 0 fully saturated rings. The first kappa shape index (κ1) is 10.5. The standard InChI is InChI=1S/C7H11N3OS2/c1-3-4-8-7(11)12-6-9-5(2)13-10-6/h3-4H2,1-2H3,(H,8,11). The molecule has 0 radical (unpaired) electrons. The fraction of sp³-hybridized carbons (Fsp3) is 0.571. The van der Waals surface area contributed by atoms with Crippen molar-refractivity contribution in [1.29, 1.82) is 0 Å². The van der Waals surface area contributed by atoms with E-state index in [1.54, 1.807) is 0 Å². The molecule has 0 saturated carbocycles. The van der Waals surface area contributed by atoms with Crippen LogP contribution in [0.2, 0.25) is 0 Å². The smallest absolute Gasteiger partial charge is 0.286 e. The molecular weight excluding hydrogens is 206 g/mol. The summed E-state index contributed by atoms with van der Waals surface area (Å²) < 4.78 is 4.00. The number of rotatable bonds is 3. The van der Waals surface area contributed by atoms with E-state index in [0.29, 0.717) is 11.7 Å². The van der Waals surface area contributed by atoms with Gasteiger partial charge in [0.05, 0.1) is 0 Å². The third kappa shape index (κ3) is 3.73. The summed E-state index contributed by atoms with van der Waals surface area (Å²) in [4.78, 5) is 15.2. The van der Waals surface area contributed by atoms with Crippen LogP contribution < -0.4 is 5.32 Å². The topological polar surface area (TPSA) is 54.9 Å². The van der Waals surface area contributed by atoms with Crippen LogP contribution in [0.25, 0.3) is 0 Å². The van der Waals surface area contributed by atoms with E-state index < -0.39 is 0 Å². The van der Waals surface area contributed by atoms with Gasteiger partial charge in [0.2, 0.25) is 5.16 Å². The van der Waals surface area contributed by atoms with Gasteiger partial charge in [0, 0.05) is 18.3 Å². The molecule has 13 heavy (non-hydrogen) atoms. The summed E-state index contributed by atoms with van der Waals surface area (Å²) in [6.07, 6.45) is 0.940. The van der Waals surface area contributed by atoms with Crippen LogP contribution in [-0.2, 0) is 0 Å². The van der Waals surface area contributed by atoms with Crippen molar-refractivity contribution >= 4 is 28.5 Å². The molecule has 4 nitrogen and oxygen atoms in total. The van der Waals surface area contributed by atoms with Gasteiger partial charge in [-0.25, -0.2) is 4.98 Å². The summed E-state index contributed by atoms with van der Waals surface area (Å²) in [5.41, 5.74) is 0. The molecule has 0 unspecified atom stereocenters. The van der Waals surface area contributed by atoms with Gasteiger partial charge in [-0.1, -0.05) is 6.92 Å². The first-order valence-electron chi connectivity index (χ1n) is 3.98. The summed E-state index contributed by atoms with van der Waals surface area (Å²) in [6.45, 7) is 4.58. The van der Waals surface area contributed by atoms with Crippen molar-refractivity contribution < 1.29 is 4.79 Å².